The number of allylic oxidation sites excluding steroid dienone is 2. The zero-order valence-electron chi connectivity index (χ0n) is 11.4. The molecule has 0 unspecified atom stereocenters. The molecule has 1 aliphatic rings. The van der Waals surface area contributed by atoms with Crippen LogP contribution >= 0.6 is 23.2 Å². The summed E-state index contributed by atoms with van der Waals surface area (Å²) in [4.78, 5) is 23.6. The highest BCUT2D eigenvalue weighted by atomic mass is 35.5. The third kappa shape index (κ3) is 3.77. The van der Waals surface area contributed by atoms with Crippen LogP contribution in [0.25, 0.3) is 0 Å². The number of halogens is 2. The molecule has 1 aliphatic carbocycles. The van der Waals surface area contributed by atoms with Crippen molar-refractivity contribution in [3.8, 4) is 0 Å². The van der Waals surface area contributed by atoms with Gasteiger partial charge in [0.2, 0.25) is 5.91 Å². The van der Waals surface area contributed by atoms with Gasteiger partial charge in [0.15, 0.2) is 0 Å². The van der Waals surface area contributed by atoms with Crippen molar-refractivity contribution in [3.63, 3.8) is 0 Å². The fourth-order valence-corrected chi connectivity index (χ4v) is 2.72. The summed E-state index contributed by atoms with van der Waals surface area (Å²) in [6, 6.07) is 4.76. The van der Waals surface area contributed by atoms with Gasteiger partial charge in [-0.15, -0.1) is 0 Å². The number of carboxylic acids is 1. The number of carboxylic acid groups (broad SMARTS) is 1. The molecular weight excluding hydrogens is 313 g/mol. The predicted octanol–water partition coefficient (Wildman–Crippen LogP) is 3.99. The van der Waals surface area contributed by atoms with Crippen molar-refractivity contribution in [3.05, 3.63) is 39.9 Å². The highest BCUT2D eigenvalue weighted by molar-refractivity contribution is 6.42. The second kappa shape index (κ2) is 6.50. The van der Waals surface area contributed by atoms with Crippen molar-refractivity contribution in [2.45, 2.75) is 19.8 Å². The first-order valence-corrected chi connectivity index (χ1v) is 7.28. The van der Waals surface area contributed by atoms with Crippen LogP contribution in [0, 0.1) is 11.8 Å². The molecule has 0 fully saturated rings. The number of rotatable bonds is 3. The minimum atomic E-state index is -0.951. The first kappa shape index (κ1) is 15.9. The Bertz CT molecular complexity index is 613. The molecule has 0 saturated heterocycles. The van der Waals surface area contributed by atoms with Gasteiger partial charge < -0.3 is 10.4 Å². The van der Waals surface area contributed by atoms with Crippen LogP contribution in [-0.4, -0.2) is 17.0 Å². The fourth-order valence-electron chi connectivity index (χ4n) is 2.42. The highest BCUT2D eigenvalue weighted by Crippen LogP contribution is 2.31. The van der Waals surface area contributed by atoms with Gasteiger partial charge in [0, 0.05) is 5.69 Å². The average molecular weight is 328 g/mol. The summed E-state index contributed by atoms with van der Waals surface area (Å²) < 4.78 is 0. The lowest BCUT2D eigenvalue weighted by molar-refractivity contribution is -0.146. The summed E-state index contributed by atoms with van der Waals surface area (Å²) in [5.74, 6) is -2.54. The van der Waals surface area contributed by atoms with Gasteiger partial charge >= 0.3 is 5.97 Å². The largest absolute Gasteiger partial charge is 0.481 e. The van der Waals surface area contributed by atoms with Gasteiger partial charge in [0.1, 0.15) is 0 Å². The van der Waals surface area contributed by atoms with E-state index in [2.05, 4.69) is 5.32 Å². The molecule has 0 bridgehead atoms. The van der Waals surface area contributed by atoms with E-state index >= 15 is 0 Å². The van der Waals surface area contributed by atoms with Gasteiger partial charge in [0.05, 0.1) is 21.9 Å². The first-order valence-electron chi connectivity index (χ1n) is 6.53. The van der Waals surface area contributed by atoms with Crippen LogP contribution < -0.4 is 5.32 Å². The molecule has 0 saturated carbocycles. The van der Waals surface area contributed by atoms with Crippen LogP contribution in [-0.2, 0) is 9.59 Å². The van der Waals surface area contributed by atoms with Crippen molar-refractivity contribution in [2.24, 2.45) is 11.8 Å². The standard InChI is InChI=1S/C15H15Cl2NO3/c1-8-2-4-10(15(20)21)11(6-8)14(19)18-9-3-5-12(16)13(17)7-9/h2-3,5,7,10-11H,4,6H2,1H3,(H,18,19)(H,20,21)/t10-,11-/m0/s1. The Balaban J connectivity index is 2.16. The molecule has 6 heteroatoms. The summed E-state index contributed by atoms with van der Waals surface area (Å²) >= 11 is 11.7. The van der Waals surface area contributed by atoms with Crippen LogP contribution in [0.4, 0.5) is 5.69 Å². The van der Waals surface area contributed by atoms with Gasteiger partial charge in [-0.1, -0.05) is 34.9 Å². The Morgan fingerprint density at radius 1 is 1.24 bits per heavy atom. The maximum Gasteiger partial charge on any atom is 0.307 e. The number of aliphatic carboxylic acids is 1. The van der Waals surface area contributed by atoms with E-state index < -0.39 is 17.8 Å². The summed E-state index contributed by atoms with van der Waals surface area (Å²) in [5, 5.41) is 12.7. The summed E-state index contributed by atoms with van der Waals surface area (Å²) in [6.45, 7) is 1.90. The van der Waals surface area contributed by atoms with Crippen LogP contribution in [0.2, 0.25) is 10.0 Å². The topological polar surface area (TPSA) is 66.4 Å². The second-order valence-corrected chi connectivity index (χ2v) is 5.97. The monoisotopic (exact) mass is 327 g/mol. The van der Waals surface area contributed by atoms with E-state index in [-0.39, 0.29) is 5.91 Å². The number of hydrogen-bond donors (Lipinski definition) is 2. The molecule has 112 valence electrons. The number of carbonyl (C=O) groups is 2. The molecule has 0 heterocycles. The number of carbonyl (C=O) groups excluding carboxylic acids is 1. The minimum absolute atomic E-state index is 0.312. The first-order chi connectivity index (χ1) is 9.88. The molecule has 0 spiro atoms. The van der Waals surface area contributed by atoms with Gasteiger partial charge in [-0.3, -0.25) is 9.59 Å². The molecule has 0 aliphatic heterocycles. The fraction of sp³-hybridized carbons (Fsp3) is 0.333. The molecule has 2 atom stereocenters. The molecule has 2 rings (SSSR count). The van der Waals surface area contributed by atoms with Gasteiger partial charge in [0.25, 0.3) is 0 Å². The highest BCUT2D eigenvalue weighted by Gasteiger charge is 2.35. The third-order valence-corrected chi connectivity index (χ3v) is 4.33. The maximum atomic E-state index is 12.3. The van der Waals surface area contributed by atoms with E-state index in [9.17, 15) is 14.7 Å². The smallest absolute Gasteiger partial charge is 0.307 e. The Morgan fingerprint density at radius 2 is 1.95 bits per heavy atom. The number of anilines is 1. The lowest BCUT2D eigenvalue weighted by Gasteiger charge is -2.26. The normalized spacial score (nSPS) is 21.6. The van der Waals surface area contributed by atoms with Gasteiger partial charge in [-0.2, -0.15) is 0 Å². The van der Waals surface area contributed by atoms with E-state index in [0.29, 0.717) is 28.6 Å². The lowest BCUT2D eigenvalue weighted by Crippen LogP contribution is -2.35. The number of nitrogens with one attached hydrogen (secondary N) is 1. The lowest BCUT2D eigenvalue weighted by atomic mass is 9.79. The van der Waals surface area contributed by atoms with Crippen molar-refractivity contribution in [1.29, 1.82) is 0 Å². The van der Waals surface area contributed by atoms with E-state index in [1.165, 1.54) is 0 Å². The minimum Gasteiger partial charge on any atom is -0.481 e. The van der Waals surface area contributed by atoms with Crippen LogP contribution in [0.1, 0.15) is 19.8 Å². The maximum absolute atomic E-state index is 12.3. The molecule has 1 aromatic carbocycles. The molecule has 21 heavy (non-hydrogen) atoms. The summed E-state index contributed by atoms with van der Waals surface area (Å²) in [6.07, 6.45) is 2.70. The quantitative estimate of drug-likeness (QED) is 0.825. The van der Waals surface area contributed by atoms with E-state index in [0.717, 1.165) is 5.57 Å². The van der Waals surface area contributed by atoms with Gasteiger partial charge in [-0.05, 0) is 38.0 Å². The summed E-state index contributed by atoms with van der Waals surface area (Å²) in [5.41, 5.74) is 1.53. The van der Waals surface area contributed by atoms with Gasteiger partial charge in [-0.25, -0.2) is 0 Å². The SMILES string of the molecule is CC1=CC[C@H](C(=O)O)[C@@H](C(=O)Nc2ccc(Cl)c(Cl)c2)C1. The number of amides is 1. The zero-order valence-corrected chi connectivity index (χ0v) is 12.9. The van der Waals surface area contributed by atoms with Crippen molar-refractivity contribution in [1.82, 2.24) is 0 Å². The molecule has 4 nitrogen and oxygen atoms in total. The molecule has 0 radical (unpaired) electrons. The second-order valence-electron chi connectivity index (χ2n) is 5.16. The number of benzene rings is 1. The molecule has 0 aromatic heterocycles. The van der Waals surface area contributed by atoms with E-state index in [4.69, 9.17) is 23.2 Å². The Hall–Kier alpha value is -1.52. The number of hydrogen-bond acceptors (Lipinski definition) is 2. The predicted molar refractivity (Wildman–Crippen MR) is 82.7 cm³/mol. The van der Waals surface area contributed by atoms with Crippen LogP contribution in [0.15, 0.2) is 29.8 Å². The Labute approximate surface area is 132 Å². The Kier molecular flexibility index (Phi) is 4.91. The van der Waals surface area contributed by atoms with Crippen LogP contribution in [0.5, 0.6) is 0 Å². The molecular formula is C15H15Cl2NO3. The third-order valence-electron chi connectivity index (χ3n) is 3.59. The van der Waals surface area contributed by atoms with E-state index in [1.54, 1.807) is 18.2 Å². The average Bonchev–Trinajstić information content (AvgIpc) is 2.42. The van der Waals surface area contributed by atoms with Crippen LogP contribution in [0.3, 0.4) is 0 Å². The van der Waals surface area contributed by atoms with E-state index in [1.807, 2.05) is 13.0 Å². The molecule has 1 amide bonds. The molecule has 2 N–H and O–H groups in total. The summed E-state index contributed by atoms with van der Waals surface area (Å²) in [7, 11) is 0. The zero-order chi connectivity index (χ0) is 15.6. The van der Waals surface area contributed by atoms with Crippen molar-refractivity contribution >= 4 is 40.8 Å². The Morgan fingerprint density at radius 3 is 2.57 bits per heavy atom. The van der Waals surface area contributed by atoms with Crippen molar-refractivity contribution in [2.75, 3.05) is 5.32 Å². The van der Waals surface area contributed by atoms with Crippen molar-refractivity contribution < 1.29 is 14.7 Å². The molecule has 1 aromatic rings.